The molecule has 0 saturated carbocycles. The maximum absolute atomic E-state index is 4.48. The SMILES string of the molecule is ICc1nc2ccccn2c1I. The predicted octanol–water partition coefficient (Wildman–Crippen LogP) is 2.87. The van der Waals surface area contributed by atoms with Crippen LogP contribution in [0.4, 0.5) is 0 Å². The maximum Gasteiger partial charge on any atom is 0.137 e. The van der Waals surface area contributed by atoms with Gasteiger partial charge in [-0.15, -0.1) is 0 Å². The second kappa shape index (κ2) is 3.49. The van der Waals surface area contributed by atoms with Gasteiger partial charge in [-0.25, -0.2) is 4.98 Å². The van der Waals surface area contributed by atoms with Crippen LogP contribution in [0.5, 0.6) is 0 Å². The molecule has 2 aromatic rings. The van der Waals surface area contributed by atoms with E-state index in [1.165, 1.54) is 9.39 Å². The molecule has 0 fully saturated rings. The summed E-state index contributed by atoms with van der Waals surface area (Å²) in [7, 11) is 0. The fraction of sp³-hybridized carbons (Fsp3) is 0.125. The highest BCUT2D eigenvalue weighted by molar-refractivity contribution is 14.1. The van der Waals surface area contributed by atoms with Crippen LogP contribution in [0.2, 0.25) is 0 Å². The summed E-state index contributed by atoms with van der Waals surface area (Å²) in [6.07, 6.45) is 2.04. The molecule has 4 heteroatoms. The Morgan fingerprint density at radius 2 is 2.25 bits per heavy atom. The van der Waals surface area contributed by atoms with Crippen LogP contribution < -0.4 is 0 Å². The number of alkyl halides is 1. The Morgan fingerprint density at radius 3 is 2.92 bits per heavy atom. The van der Waals surface area contributed by atoms with Gasteiger partial charge < -0.3 is 0 Å². The minimum absolute atomic E-state index is 0.970. The van der Waals surface area contributed by atoms with Gasteiger partial charge in [0.25, 0.3) is 0 Å². The molecule has 0 aliphatic heterocycles. The standard InChI is InChI=1S/C8H6I2N2/c9-5-6-8(10)12-4-2-1-3-7(12)11-6/h1-4H,5H2. The fourth-order valence-corrected chi connectivity index (χ4v) is 3.08. The largest absolute Gasteiger partial charge is 0.295 e. The van der Waals surface area contributed by atoms with Crippen molar-refractivity contribution in [3.05, 3.63) is 33.8 Å². The summed E-state index contributed by atoms with van der Waals surface area (Å²) in [6, 6.07) is 6.06. The maximum atomic E-state index is 4.48. The minimum atomic E-state index is 0.970. The number of imidazole rings is 1. The van der Waals surface area contributed by atoms with Crippen molar-refractivity contribution in [1.82, 2.24) is 9.38 Å². The number of hydrogen-bond acceptors (Lipinski definition) is 1. The van der Waals surface area contributed by atoms with Gasteiger partial charge in [-0.1, -0.05) is 28.7 Å². The quantitative estimate of drug-likeness (QED) is 0.546. The minimum Gasteiger partial charge on any atom is -0.295 e. The Hall–Kier alpha value is 0.150. The van der Waals surface area contributed by atoms with E-state index in [4.69, 9.17) is 0 Å². The number of pyridine rings is 1. The topological polar surface area (TPSA) is 17.3 Å². The summed E-state index contributed by atoms with van der Waals surface area (Å²) in [5.41, 5.74) is 2.20. The molecule has 0 amide bonds. The van der Waals surface area contributed by atoms with Crippen molar-refractivity contribution in [1.29, 1.82) is 0 Å². The highest BCUT2D eigenvalue weighted by atomic mass is 127. The molecule has 0 spiro atoms. The van der Waals surface area contributed by atoms with Crippen molar-refractivity contribution < 1.29 is 0 Å². The van der Waals surface area contributed by atoms with Crippen LogP contribution in [0.25, 0.3) is 5.65 Å². The first-order valence-corrected chi connectivity index (χ1v) is 6.11. The molecule has 0 N–H and O–H groups in total. The van der Waals surface area contributed by atoms with Crippen molar-refractivity contribution in [3.63, 3.8) is 0 Å². The van der Waals surface area contributed by atoms with Gasteiger partial charge >= 0.3 is 0 Å². The summed E-state index contributed by atoms with van der Waals surface area (Å²) in [5.74, 6) is 0. The van der Waals surface area contributed by atoms with Crippen LogP contribution >= 0.6 is 45.2 Å². The van der Waals surface area contributed by atoms with Crippen LogP contribution in [-0.4, -0.2) is 9.38 Å². The molecule has 2 aromatic heterocycles. The van der Waals surface area contributed by atoms with E-state index in [2.05, 4.69) is 54.6 Å². The van der Waals surface area contributed by atoms with E-state index < -0.39 is 0 Å². The highest BCUT2D eigenvalue weighted by Crippen LogP contribution is 2.16. The lowest BCUT2D eigenvalue weighted by Gasteiger charge is -1.92. The van der Waals surface area contributed by atoms with Crippen molar-refractivity contribution in [2.24, 2.45) is 0 Å². The number of fused-ring (bicyclic) bond motifs is 1. The van der Waals surface area contributed by atoms with E-state index in [9.17, 15) is 0 Å². The van der Waals surface area contributed by atoms with E-state index in [1.54, 1.807) is 0 Å². The van der Waals surface area contributed by atoms with E-state index in [1.807, 2.05) is 24.4 Å². The van der Waals surface area contributed by atoms with Crippen LogP contribution in [-0.2, 0) is 4.43 Å². The second-order valence-corrected chi connectivity index (χ2v) is 4.20. The van der Waals surface area contributed by atoms with Gasteiger partial charge in [0.1, 0.15) is 9.35 Å². The number of nitrogens with zero attached hydrogens (tertiary/aromatic N) is 2. The smallest absolute Gasteiger partial charge is 0.137 e. The summed E-state index contributed by atoms with van der Waals surface area (Å²) in [5, 5.41) is 0. The first kappa shape index (κ1) is 8.74. The number of hydrogen-bond donors (Lipinski definition) is 0. The number of rotatable bonds is 1. The zero-order valence-electron chi connectivity index (χ0n) is 6.17. The second-order valence-electron chi connectivity index (χ2n) is 2.41. The van der Waals surface area contributed by atoms with Crippen molar-refractivity contribution in [3.8, 4) is 0 Å². The summed E-state index contributed by atoms with van der Waals surface area (Å²) in [6.45, 7) is 0. The molecule has 0 saturated heterocycles. The van der Waals surface area contributed by atoms with Gasteiger partial charge in [0.15, 0.2) is 0 Å². The van der Waals surface area contributed by atoms with Crippen molar-refractivity contribution in [2.45, 2.75) is 4.43 Å². The Kier molecular flexibility index (Phi) is 2.54. The Morgan fingerprint density at radius 1 is 1.42 bits per heavy atom. The third-order valence-corrected chi connectivity index (χ3v) is 3.53. The molecule has 12 heavy (non-hydrogen) atoms. The van der Waals surface area contributed by atoms with Crippen molar-refractivity contribution >= 4 is 50.8 Å². The molecule has 0 bridgehead atoms. The average molecular weight is 384 g/mol. The van der Waals surface area contributed by atoms with Gasteiger partial charge in [0.2, 0.25) is 0 Å². The molecule has 0 radical (unpaired) electrons. The van der Waals surface area contributed by atoms with Gasteiger partial charge in [0.05, 0.1) is 5.69 Å². The van der Waals surface area contributed by atoms with E-state index >= 15 is 0 Å². The van der Waals surface area contributed by atoms with E-state index in [0.717, 1.165) is 10.1 Å². The van der Waals surface area contributed by atoms with E-state index in [0.29, 0.717) is 0 Å². The Bertz CT molecular complexity index is 408. The predicted molar refractivity (Wildman–Crippen MR) is 65.6 cm³/mol. The summed E-state index contributed by atoms with van der Waals surface area (Å²) in [4.78, 5) is 4.48. The fourth-order valence-electron chi connectivity index (χ4n) is 1.10. The molecule has 0 unspecified atom stereocenters. The number of aromatic nitrogens is 2. The molecule has 0 aliphatic rings. The van der Waals surface area contributed by atoms with E-state index in [-0.39, 0.29) is 0 Å². The van der Waals surface area contributed by atoms with Crippen molar-refractivity contribution in [2.75, 3.05) is 0 Å². The highest BCUT2D eigenvalue weighted by Gasteiger charge is 2.05. The summed E-state index contributed by atoms with van der Waals surface area (Å²) >= 11 is 4.66. The monoisotopic (exact) mass is 384 g/mol. The molecular formula is C8H6I2N2. The van der Waals surface area contributed by atoms with Gasteiger partial charge in [-0.2, -0.15) is 0 Å². The van der Waals surface area contributed by atoms with Gasteiger partial charge in [-0.3, -0.25) is 4.40 Å². The van der Waals surface area contributed by atoms with Crippen LogP contribution in [0, 0.1) is 3.70 Å². The molecular weight excluding hydrogens is 378 g/mol. The van der Waals surface area contributed by atoms with Gasteiger partial charge in [0, 0.05) is 10.6 Å². The zero-order valence-corrected chi connectivity index (χ0v) is 10.5. The first-order chi connectivity index (χ1) is 5.83. The first-order valence-electron chi connectivity index (χ1n) is 3.50. The van der Waals surface area contributed by atoms with Gasteiger partial charge in [-0.05, 0) is 34.7 Å². The average Bonchev–Trinajstić information content (AvgIpc) is 2.44. The lowest BCUT2D eigenvalue weighted by Crippen LogP contribution is -1.85. The molecule has 62 valence electrons. The lowest BCUT2D eigenvalue weighted by atomic mass is 10.5. The lowest BCUT2D eigenvalue weighted by molar-refractivity contribution is 1.14. The molecule has 0 aliphatic carbocycles. The molecule has 2 nitrogen and oxygen atoms in total. The molecule has 2 rings (SSSR count). The normalized spacial score (nSPS) is 10.8. The molecule has 0 atom stereocenters. The Balaban J connectivity index is 2.78. The third-order valence-electron chi connectivity index (χ3n) is 1.66. The third kappa shape index (κ3) is 1.34. The zero-order chi connectivity index (χ0) is 8.55. The molecule has 0 aromatic carbocycles. The summed E-state index contributed by atoms with van der Waals surface area (Å²) < 4.78 is 4.30. The van der Waals surface area contributed by atoms with Crippen LogP contribution in [0.15, 0.2) is 24.4 Å². The Labute approximate surface area is 97.7 Å². The molecule has 2 heterocycles. The van der Waals surface area contributed by atoms with Crippen LogP contribution in [0.1, 0.15) is 5.69 Å². The van der Waals surface area contributed by atoms with Crippen LogP contribution in [0.3, 0.4) is 0 Å². The number of halogens is 2.